The average Bonchev–Trinajstić information content (AvgIpc) is 2.92. The number of benzene rings is 1. The summed E-state index contributed by atoms with van der Waals surface area (Å²) < 4.78 is 1.89. The van der Waals surface area contributed by atoms with Gasteiger partial charge in [0.15, 0.2) is 0 Å². The van der Waals surface area contributed by atoms with Gasteiger partial charge in [-0.2, -0.15) is 5.10 Å². The Hall–Kier alpha value is -1.85. The first-order chi connectivity index (χ1) is 12.9. The molecule has 1 saturated heterocycles. The Kier molecular flexibility index (Phi) is 6.22. The van der Waals surface area contributed by atoms with Crippen LogP contribution in [-0.4, -0.2) is 47.3 Å². The molecule has 1 aliphatic rings. The predicted molar refractivity (Wildman–Crippen MR) is 110 cm³/mol. The molecule has 0 saturated carbocycles. The van der Waals surface area contributed by atoms with E-state index >= 15 is 0 Å². The van der Waals surface area contributed by atoms with Gasteiger partial charge < -0.3 is 10.2 Å². The number of amides is 1. The fraction of sp³-hybridized carbons (Fsp3) is 0.524. The van der Waals surface area contributed by atoms with Crippen LogP contribution in [0.4, 0.5) is 0 Å². The van der Waals surface area contributed by atoms with Crippen LogP contribution in [0, 0.1) is 26.7 Å². The molecule has 1 N–H and O–H groups in total. The first kappa shape index (κ1) is 19.9. The highest BCUT2D eigenvalue weighted by Gasteiger charge is 2.25. The first-order valence-electron chi connectivity index (χ1n) is 9.64. The van der Waals surface area contributed by atoms with E-state index in [2.05, 4.69) is 10.4 Å². The van der Waals surface area contributed by atoms with E-state index in [1.165, 1.54) is 6.42 Å². The summed E-state index contributed by atoms with van der Waals surface area (Å²) in [5.74, 6) is 0.746. The van der Waals surface area contributed by atoms with E-state index in [4.69, 9.17) is 11.6 Å². The predicted octanol–water partition coefficient (Wildman–Crippen LogP) is 3.45. The van der Waals surface area contributed by atoms with Gasteiger partial charge in [-0.25, -0.2) is 4.68 Å². The molecule has 0 bridgehead atoms. The highest BCUT2D eigenvalue weighted by atomic mass is 35.5. The van der Waals surface area contributed by atoms with Crippen molar-refractivity contribution >= 4 is 17.5 Å². The maximum absolute atomic E-state index is 12.9. The lowest BCUT2D eigenvalue weighted by molar-refractivity contribution is -0.132. The van der Waals surface area contributed by atoms with Crippen molar-refractivity contribution in [2.45, 2.75) is 40.0 Å². The average molecular weight is 389 g/mol. The normalized spacial score (nSPS) is 17.4. The molecule has 0 unspecified atom stereocenters. The minimum atomic E-state index is 0.198. The summed E-state index contributed by atoms with van der Waals surface area (Å²) in [5.41, 5.74) is 4.90. The SMILES string of the molecule is CNC[C@@H]1CCCN(C(=O)Cc2c(C)nn(-c3ccc(C)c(Cl)c3)c2C)C1. The molecule has 0 spiro atoms. The van der Waals surface area contributed by atoms with Crippen molar-refractivity contribution in [2.24, 2.45) is 5.92 Å². The summed E-state index contributed by atoms with van der Waals surface area (Å²) in [7, 11) is 1.97. The molecule has 1 amide bonds. The number of hydrogen-bond acceptors (Lipinski definition) is 3. The molecule has 3 rings (SSSR count). The van der Waals surface area contributed by atoms with Gasteiger partial charge in [0.05, 0.1) is 17.8 Å². The Morgan fingerprint density at radius 2 is 2.11 bits per heavy atom. The van der Waals surface area contributed by atoms with E-state index in [0.717, 1.165) is 59.3 Å². The van der Waals surface area contributed by atoms with Gasteiger partial charge >= 0.3 is 0 Å². The van der Waals surface area contributed by atoms with Crippen molar-refractivity contribution in [3.8, 4) is 5.69 Å². The van der Waals surface area contributed by atoms with Crippen LogP contribution in [0.25, 0.3) is 5.69 Å². The van der Waals surface area contributed by atoms with E-state index in [1.54, 1.807) is 0 Å². The number of hydrogen-bond donors (Lipinski definition) is 1. The van der Waals surface area contributed by atoms with Crippen molar-refractivity contribution in [3.63, 3.8) is 0 Å². The first-order valence-corrected chi connectivity index (χ1v) is 10.0. The van der Waals surface area contributed by atoms with Crippen LogP contribution in [0.5, 0.6) is 0 Å². The number of aryl methyl sites for hydroxylation is 2. The Labute approximate surface area is 166 Å². The van der Waals surface area contributed by atoms with Crippen LogP contribution in [0.15, 0.2) is 18.2 Å². The quantitative estimate of drug-likeness (QED) is 0.853. The Bertz CT molecular complexity index is 828. The summed E-state index contributed by atoms with van der Waals surface area (Å²) in [4.78, 5) is 14.9. The number of piperidine rings is 1. The number of rotatable bonds is 5. The molecule has 27 heavy (non-hydrogen) atoms. The van der Waals surface area contributed by atoms with Crippen LogP contribution in [0.2, 0.25) is 5.02 Å². The number of halogens is 1. The van der Waals surface area contributed by atoms with Crippen molar-refractivity contribution < 1.29 is 4.79 Å². The second-order valence-corrected chi connectivity index (χ2v) is 7.98. The van der Waals surface area contributed by atoms with Crippen LogP contribution in [-0.2, 0) is 11.2 Å². The maximum atomic E-state index is 12.9. The van der Waals surface area contributed by atoms with E-state index in [1.807, 2.05) is 55.6 Å². The number of nitrogens with one attached hydrogen (secondary N) is 1. The topological polar surface area (TPSA) is 50.2 Å². The molecular formula is C21H29ClN4O. The zero-order valence-electron chi connectivity index (χ0n) is 16.7. The van der Waals surface area contributed by atoms with Crippen molar-refractivity contribution in [3.05, 3.63) is 45.7 Å². The molecule has 1 aromatic heterocycles. The van der Waals surface area contributed by atoms with Gasteiger partial charge in [0.25, 0.3) is 0 Å². The Balaban J connectivity index is 1.78. The second-order valence-electron chi connectivity index (χ2n) is 7.58. The van der Waals surface area contributed by atoms with E-state index in [0.29, 0.717) is 12.3 Å². The largest absolute Gasteiger partial charge is 0.342 e. The lowest BCUT2D eigenvalue weighted by atomic mass is 9.97. The molecule has 1 aliphatic heterocycles. The van der Waals surface area contributed by atoms with Gasteiger partial charge in [-0.1, -0.05) is 17.7 Å². The van der Waals surface area contributed by atoms with Gasteiger partial charge in [-0.3, -0.25) is 4.79 Å². The lowest BCUT2D eigenvalue weighted by Gasteiger charge is -2.32. The summed E-state index contributed by atoms with van der Waals surface area (Å²) in [5, 5.41) is 8.63. The molecule has 1 fully saturated rings. The highest BCUT2D eigenvalue weighted by molar-refractivity contribution is 6.31. The number of nitrogens with zero attached hydrogens (tertiary/aromatic N) is 3. The van der Waals surface area contributed by atoms with Crippen LogP contribution in [0.3, 0.4) is 0 Å². The highest BCUT2D eigenvalue weighted by Crippen LogP contribution is 2.24. The number of likely N-dealkylation sites (tertiary alicyclic amines) is 1. The second kappa shape index (κ2) is 8.44. The Morgan fingerprint density at radius 3 is 2.81 bits per heavy atom. The smallest absolute Gasteiger partial charge is 0.227 e. The third-order valence-corrected chi connectivity index (χ3v) is 5.94. The molecule has 1 aromatic carbocycles. The van der Waals surface area contributed by atoms with E-state index < -0.39 is 0 Å². The van der Waals surface area contributed by atoms with Crippen LogP contribution in [0.1, 0.15) is 35.4 Å². The minimum absolute atomic E-state index is 0.198. The van der Waals surface area contributed by atoms with Gasteiger partial charge in [-0.05, 0) is 70.8 Å². The molecule has 146 valence electrons. The summed E-state index contributed by atoms with van der Waals surface area (Å²) in [6, 6.07) is 5.93. The number of carbonyl (C=O) groups excluding carboxylic acids is 1. The van der Waals surface area contributed by atoms with E-state index in [9.17, 15) is 4.79 Å². The maximum Gasteiger partial charge on any atom is 0.227 e. The Morgan fingerprint density at radius 1 is 1.33 bits per heavy atom. The van der Waals surface area contributed by atoms with Crippen molar-refractivity contribution in [1.82, 2.24) is 20.0 Å². The standard InChI is InChI=1S/C21H29ClN4O/c1-14-7-8-18(10-20(14)22)26-16(3)19(15(2)24-26)11-21(27)25-9-5-6-17(13-25)12-23-4/h7-8,10,17,23H,5-6,9,11-13H2,1-4H3/t17-/m0/s1. The molecule has 5 nitrogen and oxygen atoms in total. The van der Waals surface area contributed by atoms with Crippen molar-refractivity contribution in [1.29, 1.82) is 0 Å². The molecule has 1 atom stereocenters. The summed E-state index contributed by atoms with van der Waals surface area (Å²) in [6.45, 7) is 8.65. The van der Waals surface area contributed by atoms with E-state index in [-0.39, 0.29) is 5.91 Å². The lowest BCUT2D eigenvalue weighted by Crippen LogP contribution is -2.43. The van der Waals surface area contributed by atoms with Crippen LogP contribution >= 0.6 is 11.6 Å². The number of carbonyl (C=O) groups is 1. The van der Waals surface area contributed by atoms with Crippen molar-refractivity contribution in [2.75, 3.05) is 26.7 Å². The minimum Gasteiger partial charge on any atom is -0.342 e. The fourth-order valence-corrected chi connectivity index (χ4v) is 4.08. The van der Waals surface area contributed by atoms with Gasteiger partial charge in [0, 0.05) is 29.4 Å². The summed E-state index contributed by atoms with van der Waals surface area (Å²) in [6.07, 6.45) is 2.68. The van der Waals surface area contributed by atoms with Gasteiger partial charge in [-0.15, -0.1) is 0 Å². The zero-order chi connectivity index (χ0) is 19.6. The fourth-order valence-electron chi connectivity index (χ4n) is 3.91. The van der Waals surface area contributed by atoms with Gasteiger partial charge in [0.2, 0.25) is 5.91 Å². The molecule has 2 heterocycles. The third-order valence-electron chi connectivity index (χ3n) is 5.53. The molecule has 2 aromatic rings. The summed E-state index contributed by atoms with van der Waals surface area (Å²) >= 11 is 6.28. The monoisotopic (exact) mass is 388 g/mol. The molecular weight excluding hydrogens is 360 g/mol. The molecule has 0 radical (unpaired) electrons. The molecule has 0 aliphatic carbocycles. The van der Waals surface area contributed by atoms with Crippen LogP contribution < -0.4 is 5.32 Å². The van der Waals surface area contributed by atoms with Gasteiger partial charge in [0.1, 0.15) is 0 Å². The third kappa shape index (κ3) is 4.36. The zero-order valence-corrected chi connectivity index (χ0v) is 17.4. The number of aromatic nitrogens is 2. The molecule has 6 heteroatoms.